The molecule has 0 atom stereocenters. The third-order valence-electron chi connectivity index (χ3n) is 5.75. The first-order valence-electron chi connectivity index (χ1n) is 10.7. The second-order valence-corrected chi connectivity index (χ2v) is 10.0. The van der Waals surface area contributed by atoms with Gasteiger partial charge in [0, 0.05) is 27.2 Å². The number of halogens is 1. The molecule has 5 aromatic rings. The number of rotatable bonds is 3. The number of furan rings is 1. The van der Waals surface area contributed by atoms with Crippen molar-refractivity contribution in [2.45, 2.75) is 26.2 Å². The summed E-state index contributed by atoms with van der Waals surface area (Å²) in [6.45, 7) is 6.68. The molecule has 0 aliphatic rings. The molecule has 2 heterocycles. The fourth-order valence-corrected chi connectivity index (χ4v) is 4.46. The van der Waals surface area contributed by atoms with E-state index in [1.54, 1.807) is 0 Å². The number of aromatic nitrogens is 1. The molecule has 0 spiro atoms. The molecule has 32 heavy (non-hydrogen) atoms. The molecule has 0 saturated heterocycles. The monoisotopic (exact) mass is 481 g/mol. The Morgan fingerprint density at radius 3 is 2.16 bits per heavy atom. The molecule has 0 saturated carbocycles. The Bertz CT molecular complexity index is 1390. The summed E-state index contributed by atoms with van der Waals surface area (Å²) in [7, 11) is 0. The topological polar surface area (TPSA) is 26.0 Å². The number of fused-ring (bicyclic) bond motifs is 1. The van der Waals surface area contributed by atoms with Gasteiger partial charge in [0.05, 0.1) is 0 Å². The first kappa shape index (κ1) is 20.7. The van der Waals surface area contributed by atoms with E-state index in [1.807, 2.05) is 18.3 Å². The maximum absolute atomic E-state index is 6.37. The second kappa shape index (κ2) is 8.07. The van der Waals surface area contributed by atoms with E-state index in [0.717, 1.165) is 43.6 Å². The van der Waals surface area contributed by atoms with E-state index in [4.69, 9.17) is 9.40 Å². The molecule has 0 amide bonds. The van der Waals surface area contributed by atoms with Gasteiger partial charge < -0.3 is 4.42 Å². The average molecular weight is 482 g/mol. The Morgan fingerprint density at radius 1 is 0.719 bits per heavy atom. The summed E-state index contributed by atoms with van der Waals surface area (Å²) in [5, 5.41) is 1.05. The summed E-state index contributed by atoms with van der Waals surface area (Å²) < 4.78 is 7.38. The molecule has 0 fully saturated rings. The first-order valence-corrected chi connectivity index (χ1v) is 11.5. The van der Waals surface area contributed by atoms with Crippen LogP contribution in [0.1, 0.15) is 26.3 Å². The lowest BCUT2D eigenvalue weighted by atomic mass is 9.86. The Morgan fingerprint density at radius 2 is 1.44 bits per heavy atom. The molecule has 0 aliphatic carbocycles. The van der Waals surface area contributed by atoms with Gasteiger partial charge in [-0.2, -0.15) is 0 Å². The van der Waals surface area contributed by atoms with Crippen molar-refractivity contribution < 1.29 is 4.42 Å². The van der Waals surface area contributed by atoms with Crippen molar-refractivity contribution in [2.24, 2.45) is 0 Å². The Hall–Kier alpha value is -3.17. The van der Waals surface area contributed by atoms with Gasteiger partial charge in [0.1, 0.15) is 11.5 Å². The number of hydrogen-bond acceptors (Lipinski definition) is 2. The average Bonchev–Trinajstić information content (AvgIpc) is 3.23. The minimum Gasteiger partial charge on any atom is -0.454 e. The van der Waals surface area contributed by atoms with Crippen LogP contribution >= 0.6 is 15.9 Å². The van der Waals surface area contributed by atoms with E-state index in [-0.39, 0.29) is 5.41 Å². The van der Waals surface area contributed by atoms with Crippen molar-refractivity contribution >= 4 is 26.9 Å². The number of benzene rings is 3. The summed E-state index contributed by atoms with van der Waals surface area (Å²) in [5.74, 6) is 0.855. The zero-order chi connectivity index (χ0) is 22.3. The highest BCUT2D eigenvalue weighted by atomic mass is 79.9. The van der Waals surface area contributed by atoms with Crippen molar-refractivity contribution in [2.75, 3.05) is 0 Å². The number of hydrogen-bond donors (Lipinski definition) is 0. The van der Waals surface area contributed by atoms with Crippen LogP contribution in [-0.4, -0.2) is 4.98 Å². The first-order chi connectivity index (χ1) is 15.4. The van der Waals surface area contributed by atoms with Crippen LogP contribution in [0.25, 0.3) is 44.7 Å². The van der Waals surface area contributed by atoms with Gasteiger partial charge in [-0.15, -0.1) is 0 Å². The summed E-state index contributed by atoms with van der Waals surface area (Å²) in [4.78, 5) is 4.69. The fourth-order valence-electron chi connectivity index (χ4n) is 3.97. The summed E-state index contributed by atoms with van der Waals surface area (Å²) >= 11 is 3.68. The van der Waals surface area contributed by atoms with Crippen molar-refractivity contribution in [3.63, 3.8) is 0 Å². The Labute approximate surface area is 197 Å². The predicted octanol–water partition coefficient (Wildman–Crippen LogP) is 8.89. The van der Waals surface area contributed by atoms with Gasteiger partial charge in [-0.05, 0) is 52.4 Å². The zero-order valence-electron chi connectivity index (χ0n) is 18.4. The van der Waals surface area contributed by atoms with Gasteiger partial charge in [0.2, 0.25) is 0 Å². The van der Waals surface area contributed by atoms with Crippen LogP contribution in [0.15, 0.2) is 100 Å². The lowest BCUT2D eigenvalue weighted by molar-refractivity contribution is 0.590. The molecular weight excluding hydrogens is 458 g/mol. The van der Waals surface area contributed by atoms with E-state index in [1.165, 1.54) is 11.1 Å². The SMILES string of the molecule is CC(C)(C)c1ccc(-c2cc3ccnc(-c4cc(Br)cc(-c5ccccc5)c4)c3o2)cc1. The van der Waals surface area contributed by atoms with Crippen molar-refractivity contribution in [3.05, 3.63) is 101 Å². The standard InChI is InChI=1S/C29H24BrNO/c1-29(2,3)24-11-9-20(10-12-24)26-18-21-13-14-31-27(28(21)32-26)23-15-22(16-25(30)17-23)19-7-5-4-6-8-19/h4-18H,1-3H3. The molecule has 5 rings (SSSR count). The van der Waals surface area contributed by atoms with Crippen molar-refractivity contribution in [1.29, 1.82) is 0 Å². The third-order valence-corrected chi connectivity index (χ3v) is 6.21. The van der Waals surface area contributed by atoms with Crippen LogP contribution in [0.3, 0.4) is 0 Å². The molecule has 0 aliphatic heterocycles. The minimum atomic E-state index is 0.126. The van der Waals surface area contributed by atoms with Gasteiger partial charge in [-0.1, -0.05) is 91.3 Å². The van der Waals surface area contributed by atoms with E-state index < -0.39 is 0 Å². The van der Waals surface area contributed by atoms with Crippen LogP contribution in [0.2, 0.25) is 0 Å². The van der Waals surface area contributed by atoms with Crippen molar-refractivity contribution in [1.82, 2.24) is 4.98 Å². The normalized spacial score (nSPS) is 11.8. The van der Waals surface area contributed by atoms with Crippen molar-refractivity contribution in [3.8, 4) is 33.7 Å². The molecule has 2 nitrogen and oxygen atoms in total. The molecular formula is C29H24BrNO. The van der Waals surface area contributed by atoms with Crippen LogP contribution in [0.5, 0.6) is 0 Å². The maximum atomic E-state index is 6.37. The highest BCUT2D eigenvalue weighted by Gasteiger charge is 2.16. The van der Waals surface area contributed by atoms with Crippen LogP contribution < -0.4 is 0 Å². The van der Waals surface area contributed by atoms with E-state index >= 15 is 0 Å². The highest BCUT2D eigenvalue weighted by molar-refractivity contribution is 9.10. The Balaban J connectivity index is 1.60. The minimum absolute atomic E-state index is 0.126. The lowest BCUT2D eigenvalue weighted by Gasteiger charge is -2.18. The molecule has 0 radical (unpaired) electrons. The number of nitrogens with zero attached hydrogens (tertiary/aromatic N) is 1. The summed E-state index contributed by atoms with van der Waals surface area (Å²) in [5.41, 5.74) is 7.48. The Kier molecular flexibility index (Phi) is 5.22. The van der Waals surface area contributed by atoms with E-state index in [9.17, 15) is 0 Å². The van der Waals surface area contributed by atoms with Crippen LogP contribution in [0.4, 0.5) is 0 Å². The summed E-state index contributed by atoms with van der Waals surface area (Å²) in [6, 6.07) is 29.5. The molecule has 3 heteroatoms. The molecule has 0 unspecified atom stereocenters. The smallest absolute Gasteiger partial charge is 0.161 e. The molecule has 3 aromatic carbocycles. The zero-order valence-corrected chi connectivity index (χ0v) is 20.0. The van der Waals surface area contributed by atoms with E-state index in [2.05, 4.69) is 109 Å². The number of pyridine rings is 1. The predicted molar refractivity (Wildman–Crippen MR) is 137 cm³/mol. The molecule has 0 bridgehead atoms. The largest absolute Gasteiger partial charge is 0.454 e. The van der Waals surface area contributed by atoms with Crippen LogP contribution in [-0.2, 0) is 5.41 Å². The quantitative estimate of drug-likeness (QED) is 0.257. The highest BCUT2D eigenvalue weighted by Crippen LogP contribution is 2.36. The second-order valence-electron chi connectivity index (χ2n) is 9.11. The molecule has 158 valence electrons. The van der Waals surface area contributed by atoms with Gasteiger partial charge in [0.15, 0.2) is 5.58 Å². The third kappa shape index (κ3) is 4.01. The maximum Gasteiger partial charge on any atom is 0.161 e. The molecule has 0 N–H and O–H groups in total. The van der Waals surface area contributed by atoms with Gasteiger partial charge >= 0.3 is 0 Å². The van der Waals surface area contributed by atoms with Gasteiger partial charge in [0.25, 0.3) is 0 Å². The van der Waals surface area contributed by atoms with Crippen LogP contribution in [0, 0.1) is 0 Å². The van der Waals surface area contributed by atoms with Gasteiger partial charge in [-0.25, -0.2) is 0 Å². The van der Waals surface area contributed by atoms with E-state index in [0.29, 0.717) is 0 Å². The lowest BCUT2D eigenvalue weighted by Crippen LogP contribution is -2.10. The molecule has 2 aromatic heterocycles. The fraction of sp³-hybridized carbons (Fsp3) is 0.138. The van der Waals surface area contributed by atoms with Gasteiger partial charge in [-0.3, -0.25) is 4.98 Å². The summed E-state index contributed by atoms with van der Waals surface area (Å²) in [6.07, 6.45) is 1.85.